The topological polar surface area (TPSA) is 117 Å². The van der Waals surface area contributed by atoms with E-state index in [1.165, 1.54) is 7.11 Å². The molecule has 1 fully saturated rings. The van der Waals surface area contributed by atoms with Gasteiger partial charge in [-0.2, -0.15) is 0 Å². The maximum atomic E-state index is 12.0. The molecule has 248 valence electrons. The number of ether oxygens (including phenoxy) is 5. The lowest BCUT2D eigenvalue weighted by Crippen LogP contribution is -2.71. The van der Waals surface area contributed by atoms with E-state index in [2.05, 4.69) is 31.4 Å². The molecule has 0 saturated carbocycles. The highest BCUT2D eigenvalue weighted by Crippen LogP contribution is 2.50. The normalized spacial score (nSPS) is 25.9. The Hall–Kier alpha value is -3.29. The lowest BCUT2D eigenvalue weighted by molar-refractivity contribution is -0.463. The minimum Gasteiger partial charge on any atom is -0.482 e. The second-order valence-electron chi connectivity index (χ2n) is 13.2. The second-order valence-corrected chi connectivity index (χ2v) is 15.9. The first-order valence-electron chi connectivity index (χ1n) is 15.5. The van der Waals surface area contributed by atoms with Crippen molar-refractivity contribution in [3.05, 3.63) is 90.0 Å². The number of rotatable bonds is 11. The van der Waals surface area contributed by atoms with E-state index in [0.717, 1.165) is 11.1 Å². The van der Waals surface area contributed by atoms with Gasteiger partial charge in [0.15, 0.2) is 16.4 Å². The van der Waals surface area contributed by atoms with Crippen LogP contribution in [0.3, 0.4) is 0 Å². The number of carbonyl (C=O) groups excluding carboxylic acids is 1. The zero-order chi connectivity index (χ0) is 33.2. The average Bonchev–Trinajstić information content (AvgIpc) is 3.05. The summed E-state index contributed by atoms with van der Waals surface area (Å²) in [6.45, 7) is 10.1. The highest BCUT2D eigenvalue weighted by Gasteiger charge is 2.63. The van der Waals surface area contributed by atoms with Gasteiger partial charge in [0, 0.05) is 26.5 Å². The highest BCUT2D eigenvalue weighted by molar-refractivity contribution is 6.32. The van der Waals surface area contributed by atoms with Crippen LogP contribution in [0.25, 0.3) is 0 Å². The summed E-state index contributed by atoms with van der Waals surface area (Å²) in [6.07, 6.45) is -2.97. The van der Waals surface area contributed by atoms with Gasteiger partial charge in [0.05, 0.1) is 5.69 Å². The van der Waals surface area contributed by atoms with Gasteiger partial charge in [-0.15, -0.1) is 0 Å². The Morgan fingerprint density at radius 2 is 1.54 bits per heavy atom. The van der Waals surface area contributed by atoms with Crippen molar-refractivity contribution in [3.63, 3.8) is 0 Å². The molecule has 0 bridgehead atoms. The molecule has 3 aromatic carbocycles. The number of amides is 1. The molecular weight excluding hydrogens is 604 g/mol. The van der Waals surface area contributed by atoms with E-state index in [4.69, 9.17) is 28.1 Å². The van der Waals surface area contributed by atoms with E-state index in [1.807, 2.05) is 66.7 Å². The van der Waals surface area contributed by atoms with Gasteiger partial charge in [-0.3, -0.25) is 4.79 Å². The van der Waals surface area contributed by atoms with Gasteiger partial charge >= 0.3 is 0 Å². The number of aliphatic hydroxyl groups is 1. The largest absolute Gasteiger partial charge is 0.482 e. The van der Waals surface area contributed by atoms with Crippen LogP contribution >= 0.6 is 0 Å². The summed E-state index contributed by atoms with van der Waals surface area (Å²) in [6, 6.07) is 25.3. The number of aliphatic hydroxyl groups excluding tert-OH is 1. The summed E-state index contributed by atoms with van der Waals surface area (Å²) >= 11 is 0. The molecule has 2 aliphatic rings. The second kappa shape index (κ2) is 13.4. The first-order chi connectivity index (χ1) is 21.8. The summed E-state index contributed by atoms with van der Waals surface area (Å²) in [7, 11) is 1.85. The molecule has 0 aromatic heterocycles. The smallest absolute Gasteiger partial charge is 0.262 e. The summed E-state index contributed by atoms with van der Waals surface area (Å²) < 4.78 is 38.4. The number of carbonyl (C=O) groups is 1. The molecule has 2 aliphatic heterocycles. The number of nitrogens with one attached hydrogen (secondary N) is 2. The molecule has 0 radical (unpaired) electrons. The van der Waals surface area contributed by atoms with E-state index in [1.54, 1.807) is 33.1 Å². The van der Waals surface area contributed by atoms with Gasteiger partial charge in [0.1, 0.15) is 29.7 Å². The number of fused-ring (bicyclic) bond motifs is 1. The van der Waals surface area contributed by atoms with Crippen LogP contribution in [0.15, 0.2) is 78.9 Å². The molecule has 46 heavy (non-hydrogen) atoms. The Morgan fingerprint density at radius 3 is 2.11 bits per heavy atom. The van der Waals surface area contributed by atoms with Crippen molar-refractivity contribution in [3.8, 4) is 5.75 Å². The molecule has 0 aliphatic carbocycles. The molecule has 2 heterocycles. The van der Waals surface area contributed by atoms with Crippen molar-refractivity contribution < 1.29 is 38.0 Å². The van der Waals surface area contributed by atoms with E-state index in [9.17, 15) is 9.90 Å². The van der Waals surface area contributed by atoms with Gasteiger partial charge in [0.25, 0.3) is 5.91 Å². The van der Waals surface area contributed by atoms with E-state index >= 15 is 0 Å². The molecule has 11 heteroatoms. The van der Waals surface area contributed by atoms with E-state index < -0.39 is 45.3 Å². The molecule has 5 rings (SSSR count). The third-order valence-electron chi connectivity index (χ3n) is 8.66. The molecule has 0 spiro atoms. The van der Waals surface area contributed by atoms with Gasteiger partial charge in [-0.05, 0) is 48.2 Å². The first kappa shape index (κ1) is 34.1. The molecule has 3 N–H and O–H groups in total. The predicted octanol–water partition coefficient (Wildman–Crippen LogP) is 4.56. The maximum absolute atomic E-state index is 12.0. The Balaban J connectivity index is 1.60. The predicted molar refractivity (Wildman–Crippen MR) is 179 cm³/mol. The molecule has 5 atom stereocenters. The van der Waals surface area contributed by atoms with Crippen molar-refractivity contribution >= 4 is 27.0 Å². The van der Waals surface area contributed by atoms with Crippen molar-refractivity contribution in [1.29, 1.82) is 0 Å². The highest BCUT2D eigenvalue weighted by atomic mass is 28.2. The Kier molecular flexibility index (Phi) is 9.95. The lowest BCUT2D eigenvalue weighted by atomic mass is 9.77. The van der Waals surface area contributed by atoms with Gasteiger partial charge in [0.2, 0.25) is 11.6 Å². The number of benzene rings is 3. The fraction of sp³-hybridized carbons (Fsp3) is 0.457. The van der Waals surface area contributed by atoms with Crippen LogP contribution in [-0.2, 0) is 33.8 Å². The Labute approximate surface area is 273 Å². The third-order valence-corrected chi connectivity index (χ3v) is 10.1. The number of anilines is 2. The fourth-order valence-corrected chi connectivity index (χ4v) is 7.04. The summed E-state index contributed by atoms with van der Waals surface area (Å²) in [4.78, 5) is 11.9. The lowest BCUT2D eigenvalue weighted by Gasteiger charge is -2.57. The number of hydrogen-bond donors (Lipinski definition) is 3. The first-order valence-corrected chi connectivity index (χ1v) is 16.8. The van der Waals surface area contributed by atoms with E-state index in [0.29, 0.717) is 17.1 Å². The van der Waals surface area contributed by atoms with Crippen LogP contribution in [0, 0.1) is 0 Å². The van der Waals surface area contributed by atoms with Crippen molar-refractivity contribution in [1.82, 2.24) is 0 Å². The van der Waals surface area contributed by atoms with Crippen LogP contribution in [0.5, 0.6) is 5.75 Å². The maximum Gasteiger partial charge on any atom is 0.262 e. The van der Waals surface area contributed by atoms with Gasteiger partial charge in [-0.1, -0.05) is 81.4 Å². The molecule has 1 saturated heterocycles. The third kappa shape index (κ3) is 6.72. The summed E-state index contributed by atoms with van der Waals surface area (Å²) in [5.74, 6) is -2.41. The molecule has 10 nitrogen and oxygen atoms in total. The van der Waals surface area contributed by atoms with Crippen LogP contribution in [-0.4, -0.2) is 78.0 Å². The van der Waals surface area contributed by atoms with Gasteiger partial charge < -0.3 is 43.9 Å². The molecular formula is C35H46N2O8Si. The summed E-state index contributed by atoms with van der Waals surface area (Å²) in [5, 5.41) is 18.1. The SMILES string of the molecule is CO[C@@]1(C)O[C@H]([C@@H](O)CNc2ccc3c(c2)NC(=O)CO3)[C@H](C(O[SiH2]C(C)(C)C)(c2ccccc2)c2ccccc2)O[C@]1(C)OC. The van der Waals surface area contributed by atoms with Crippen molar-refractivity contribution in [2.24, 2.45) is 0 Å². The zero-order valence-electron chi connectivity index (χ0n) is 27.7. The zero-order valence-corrected chi connectivity index (χ0v) is 29.1. The number of hydrogen-bond acceptors (Lipinski definition) is 9. The Morgan fingerprint density at radius 1 is 0.957 bits per heavy atom. The van der Waals surface area contributed by atoms with Crippen LogP contribution in [0.4, 0.5) is 11.4 Å². The quantitative estimate of drug-likeness (QED) is 0.257. The summed E-state index contributed by atoms with van der Waals surface area (Å²) in [5.41, 5.74) is 1.78. The number of methoxy groups -OCH3 is 2. The Bertz CT molecular complexity index is 1450. The fourth-order valence-electron chi connectivity index (χ4n) is 5.88. The van der Waals surface area contributed by atoms with Gasteiger partial charge in [-0.25, -0.2) is 0 Å². The standard InChI is InChI=1S/C35H46N2O8Si/c1-32(2,3)46-45-35(23-14-10-8-11-15-23,24-16-12-9-13-17-24)31-30(43-33(4,40-6)34(5,41-7)44-31)27(38)21-36-25-18-19-28-26(20-25)37-29(39)22-42-28/h8-20,27,30-31,36,38H,21-22,46H2,1-7H3,(H,37,39)/t27-,30+,31+,33-,34-/m0/s1. The minimum absolute atomic E-state index is 0.0255. The molecule has 1 amide bonds. The average molecular weight is 651 g/mol. The van der Waals surface area contributed by atoms with Crippen LogP contribution in [0.2, 0.25) is 5.04 Å². The van der Waals surface area contributed by atoms with E-state index in [-0.39, 0.29) is 24.1 Å². The van der Waals surface area contributed by atoms with Crippen LogP contribution in [0.1, 0.15) is 45.7 Å². The molecule has 3 aromatic rings. The van der Waals surface area contributed by atoms with Crippen molar-refractivity contribution in [2.75, 3.05) is 38.0 Å². The minimum atomic E-state index is -1.39. The monoisotopic (exact) mass is 650 g/mol. The molecule has 0 unspecified atom stereocenters. The van der Waals surface area contributed by atoms with Crippen molar-refractivity contribution in [2.45, 2.75) is 75.1 Å². The van der Waals surface area contributed by atoms with Crippen LogP contribution < -0.4 is 15.4 Å².